The number of guanidine groups is 1. The van der Waals surface area contributed by atoms with E-state index in [1.807, 2.05) is 30.3 Å². The predicted octanol–water partition coefficient (Wildman–Crippen LogP) is 0.476. The van der Waals surface area contributed by atoms with Crippen LogP contribution in [0.1, 0.15) is 39.2 Å². The van der Waals surface area contributed by atoms with Crippen LogP contribution in [-0.2, 0) is 16.0 Å². The van der Waals surface area contributed by atoms with E-state index in [2.05, 4.69) is 15.6 Å². The van der Waals surface area contributed by atoms with E-state index in [1.54, 1.807) is 26.2 Å². The van der Waals surface area contributed by atoms with Crippen LogP contribution < -0.4 is 21.8 Å². The fourth-order valence-corrected chi connectivity index (χ4v) is 2.67. The third-order valence-electron chi connectivity index (χ3n) is 4.07. The SMILES string of the molecule is CC(C)(C)OC(=O)N[C@@H](CCCN=C(N)N[N+](=O)[O-])C(O)C(=O)NCCc1ccccc1. The van der Waals surface area contributed by atoms with E-state index in [0.29, 0.717) is 13.0 Å². The second kappa shape index (κ2) is 13.1. The number of amides is 2. The smallest absolute Gasteiger partial charge is 0.407 e. The van der Waals surface area contributed by atoms with Gasteiger partial charge in [-0.2, -0.15) is 0 Å². The Balaban J connectivity index is 2.66. The van der Waals surface area contributed by atoms with Crippen molar-refractivity contribution in [1.29, 1.82) is 0 Å². The lowest BCUT2D eigenvalue weighted by atomic mass is 10.0. The first-order valence-corrected chi connectivity index (χ1v) is 10.2. The van der Waals surface area contributed by atoms with Gasteiger partial charge >= 0.3 is 6.09 Å². The molecule has 0 spiro atoms. The minimum absolute atomic E-state index is 0.0848. The highest BCUT2D eigenvalue weighted by atomic mass is 16.7. The van der Waals surface area contributed by atoms with Crippen molar-refractivity contribution in [3.63, 3.8) is 0 Å². The van der Waals surface area contributed by atoms with E-state index in [-0.39, 0.29) is 25.3 Å². The van der Waals surface area contributed by atoms with E-state index in [4.69, 9.17) is 10.5 Å². The van der Waals surface area contributed by atoms with Gasteiger partial charge in [-0.15, -0.1) is 0 Å². The van der Waals surface area contributed by atoms with Crippen LogP contribution in [0, 0.1) is 10.1 Å². The van der Waals surface area contributed by atoms with Crippen molar-refractivity contribution in [2.24, 2.45) is 10.7 Å². The maximum Gasteiger partial charge on any atom is 0.407 e. The molecule has 178 valence electrons. The van der Waals surface area contributed by atoms with Gasteiger partial charge in [0.25, 0.3) is 11.9 Å². The molecule has 0 saturated carbocycles. The van der Waals surface area contributed by atoms with Gasteiger partial charge in [-0.1, -0.05) is 35.8 Å². The standard InChI is InChI=1S/C20H32N6O6/c1-20(2,3)32-19(29)24-15(10-7-12-23-18(21)25-26(30)31)16(27)17(28)22-13-11-14-8-5-4-6-9-14/h4-6,8-9,15-16,27H,7,10-13H2,1-3H3,(H,22,28)(H,24,29)(H3,21,23,25)/t15-,16?/m0/s1. The van der Waals surface area contributed by atoms with Crippen LogP contribution in [0.3, 0.4) is 0 Å². The zero-order valence-corrected chi connectivity index (χ0v) is 18.5. The molecule has 0 aromatic heterocycles. The summed E-state index contributed by atoms with van der Waals surface area (Å²) < 4.78 is 5.20. The molecule has 12 heteroatoms. The normalized spacial score (nSPS) is 13.6. The summed E-state index contributed by atoms with van der Waals surface area (Å²) in [5.74, 6) is -1.01. The Kier molecular flexibility index (Phi) is 10.9. The molecule has 0 heterocycles. The second-order valence-corrected chi connectivity index (χ2v) is 8.00. The van der Waals surface area contributed by atoms with Crippen LogP contribution in [0.5, 0.6) is 0 Å². The molecule has 0 bridgehead atoms. The topological polar surface area (TPSA) is 181 Å². The number of hydrogen-bond donors (Lipinski definition) is 5. The second-order valence-electron chi connectivity index (χ2n) is 8.00. The molecule has 0 fully saturated rings. The Morgan fingerprint density at radius 1 is 1.28 bits per heavy atom. The lowest BCUT2D eigenvalue weighted by molar-refractivity contribution is -0.525. The molecule has 0 radical (unpaired) electrons. The molecule has 1 unspecified atom stereocenters. The summed E-state index contributed by atoms with van der Waals surface area (Å²) in [5.41, 5.74) is 7.33. The number of aliphatic imine (C=N–C) groups is 1. The summed E-state index contributed by atoms with van der Waals surface area (Å²) in [5, 5.41) is 25.1. The molecule has 0 aliphatic heterocycles. The number of nitrogens with two attached hydrogens (primary N) is 1. The minimum Gasteiger partial charge on any atom is -0.444 e. The zero-order chi connectivity index (χ0) is 24.1. The average Bonchev–Trinajstić information content (AvgIpc) is 2.68. The zero-order valence-electron chi connectivity index (χ0n) is 18.5. The number of rotatable bonds is 11. The highest BCUT2D eigenvalue weighted by Gasteiger charge is 2.29. The van der Waals surface area contributed by atoms with Gasteiger partial charge in [0.05, 0.1) is 6.04 Å². The van der Waals surface area contributed by atoms with E-state index in [9.17, 15) is 24.8 Å². The lowest BCUT2D eigenvalue weighted by Gasteiger charge is -2.26. The third kappa shape index (κ3) is 11.7. The summed E-state index contributed by atoms with van der Waals surface area (Å²) in [6.07, 6.45) is -1.29. The van der Waals surface area contributed by atoms with Gasteiger partial charge in [-0.3, -0.25) is 4.79 Å². The summed E-state index contributed by atoms with van der Waals surface area (Å²) >= 11 is 0. The molecule has 1 rings (SSSR count). The highest BCUT2D eigenvalue weighted by molar-refractivity contribution is 5.82. The first-order valence-electron chi connectivity index (χ1n) is 10.2. The molecule has 1 aromatic rings. The van der Waals surface area contributed by atoms with Crippen LogP contribution >= 0.6 is 0 Å². The van der Waals surface area contributed by atoms with Gasteiger partial charge in [0.15, 0.2) is 11.1 Å². The average molecular weight is 453 g/mol. The van der Waals surface area contributed by atoms with Crippen LogP contribution in [-0.4, -0.2) is 58.9 Å². The number of aliphatic hydroxyl groups excluding tert-OH is 1. The predicted molar refractivity (Wildman–Crippen MR) is 118 cm³/mol. The van der Waals surface area contributed by atoms with Crippen molar-refractivity contribution in [2.75, 3.05) is 13.1 Å². The fourth-order valence-electron chi connectivity index (χ4n) is 2.67. The van der Waals surface area contributed by atoms with Crippen molar-refractivity contribution < 1.29 is 24.5 Å². The summed E-state index contributed by atoms with van der Waals surface area (Å²) in [7, 11) is 0. The van der Waals surface area contributed by atoms with Crippen LogP contribution in [0.15, 0.2) is 35.3 Å². The van der Waals surface area contributed by atoms with E-state index in [1.165, 1.54) is 0 Å². The molecule has 0 aliphatic carbocycles. The van der Waals surface area contributed by atoms with Crippen molar-refractivity contribution in [1.82, 2.24) is 16.1 Å². The van der Waals surface area contributed by atoms with Gasteiger partial charge in [-0.05, 0) is 45.6 Å². The number of nitro groups is 1. The molecule has 1 aromatic carbocycles. The summed E-state index contributed by atoms with van der Waals surface area (Å²) in [4.78, 5) is 38.7. The van der Waals surface area contributed by atoms with E-state index in [0.717, 1.165) is 5.56 Å². The van der Waals surface area contributed by atoms with E-state index < -0.39 is 34.8 Å². The summed E-state index contributed by atoms with van der Waals surface area (Å²) in [6, 6.07) is 8.57. The van der Waals surface area contributed by atoms with Gasteiger partial charge in [0.2, 0.25) is 0 Å². The summed E-state index contributed by atoms with van der Waals surface area (Å²) in [6.45, 7) is 5.46. The first-order chi connectivity index (χ1) is 15.0. The Hall–Kier alpha value is -3.41. The molecule has 6 N–H and O–H groups in total. The van der Waals surface area contributed by atoms with Crippen LogP contribution in [0.25, 0.3) is 0 Å². The monoisotopic (exact) mass is 452 g/mol. The minimum atomic E-state index is -1.53. The van der Waals surface area contributed by atoms with Gasteiger partial charge in [0, 0.05) is 13.1 Å². The number of carbonyl (C=O) groups is 2. The third-order valence-corrected chi connectivity index (χ3v) is 4.07. The molecule has 2 atom stereocenters. The number of hydrazine groups is 1. The molecule has 0 saturated heterocycles. The number of benzene rings is 1. The maximum atomic E-state index is 12.4. The molecule has 0 aliphatic rings. The van der Waals surface area contributed by atoms with Crippen molar-refractivity contribution in [2.45, 2.75) is 57.8 Å². The molecule has 12 nitrogen and oxygen atoms in total. The number of nitrogens with one attached hydrogen (secondary N) is 3. The first kappa shape index (κ1) is 26.6. The molecule has 2 amide bonds. The number of carbonyl (C=O) groups excluding carboxylic acids is 2. The van der Waals surface area contributed by atoms with E-state index >= 15 is 0 Å². The lowest BCUT2D eigenvalue weighted by Crippen LogP contribution is -2.51. The Labute approximate surface area is 186 Å². The number of alkyl carbamates (subject to hydrolysis) is 1. The van der Waals surface area contributed by atoms with Crippen LogP contribution in [0.2, 0.25) is 0 Å². The van der Waals surface area contributed by atoms with Gasteiger partial charge in [0.1, 0.15) is 5.60 Å². The molecule has 32 heavy (non-hydrogen) atoms. The maximum absolute atomic E-state index is 12.4. The number of hydrogen-bond acceptors (Lipinski definition) is 7. The number of aliphatic hydroxyl groups is 1. The quantitative estimate of drug-likeness (QED) is 0.106. The Morgan fingerprint density at radius 2 is 1.94 bits per heavy atom. The Bertz CT molecular complexity index is 781. The largest absolute Gasteiger partial charge is 0.444 e. The van der Waals surface area contributed by atoms with Crippen molar-refractivity contribution >= 4 is 18.0 Å². The van der Waals surface area contributed by atoms with Crippen molar-refractivity contribution in [3.8, 4) is 0 Å². The molecular formula is C20H32N6O6. The molecular weight excluding hydrogens is 420 g/mol. The fraction of sp³-hybridized carbons (Fsp3) is 0.550. The highest BCUT2D eigenvalue weighted by Crippen LogP contribution is 2.10. The number of nitrogens with zero attached hydrogens (tertiary/aromatic N) is 2. The Morgan fingerprint density at radius 3 is 2.53 bits per heavy atom. The van der Waals surface area contributed by atoms with Gasteiger partial charge in [-0.25, -0.2) is 19.9 Å². The number of ether oxygens (including phenoxy) is 1. The van der Waals surface area contributed by atoms with Gasteiger partial charge < -0.3 is 26.2 Å². The van der Waals surface area contributed by atoms with Crippen molar-refractivity contribution in [3.05, 3.63) is 46.0 Å². The van der Waals surface area contributed by atoms with Crippen LogP contribution in [0.4, 0.5) is 4.79 Å².